The van der Waals surface area contributed by atoms with E-state index in [1.807, 2.05) is 30.5 Å². The molecule has 0 radical (unpaired) electrons. The Morgan fingerprint density at radius 1 is 1.41 bits per heavy atom. The van der Waals surface area contributed by atoms with E-state index in [9.17, 15) is 4.79 Å². The highest BCUT2D eigenvalue weighted by atomic mass is 35.5. The molecular formula is C12H11ClN2OS. The number of benzene rings is 1. The van der Waals surface area contributed by atoms with Crippen LogP contribution >= 0.6 is 23.7 Å². The zero-order valence-electron chi connectivity index (χ0n) is 9.19. The Bertz CT molecular complexity index is 580. The van der Waals surface area contributed by atoms with E-state index in [0.29, 0.717) is 6.42 Å². The van der Waals surface area contributed by atoms with Crippen LogP contribution in [0.3, 0.4) is 0 Å². The number of carbonyl (C=O) groups is 1. The minimum absolute atomic E-state index is 0. The van der Waals surface area contributed by atoms with Crippen molar-refractivity contribution in [2.24, 2.45) is 0 Å². The monoisotopic (exact) mass is 266 g/mol. The molecule has 3 nitrogen and oxygen atoms in total. The smallest absolute Gasteiger partial charge is 0.228 e. The van der Waals surface area contributed by atoms with E-state index in [2.05, 4.69) is 10.3 Å². The number of nitrogens with one attached hydrogen (secondary N) is 1. The van der Waals surface area contributed by atoms with Crippen LogP contribution < -0.4 is 5.32 Å². The average Bonchev–Trinajstić information content (AvgIpc) is 2.81. The summed E-state index contributed by atoms with van der Waals surface area (Å²) in [5.74, 6) is 0.0709. The lowest BCUT2D eigenvalue weighted by atomic mass is 10.1. The van der Waals surface area contributed by atoms with Gasteiger partial charge in [-0.3, -0.25) is 4.79 Å². The van der Waals surface area contributed by atoms with Gasteiger partial charge in [-0.15, -0.1) is 23.7 Å². The maximum absolute atomic E-state index is 11.2. The van der Waals surface area contributed by atoms with E-state index in [1.165, 1.54) is 0 Å². The van der Waals surface area contributed by atoms with Crippen molar-refractivity contribution in [2.75, 3.05) is 5.32 Å². The molecule has 1 aromatic heterocycles. The zero-order valence-corrected chi connectivity index (χ0v) is 10.8. The molecule has 1 amide bonds. The third-order valence-corrected chi connectivity index (χ3v) is 3.42. The zero-order chi connectivity index (χ0) is 11.1. The molecule has 2 heterocycles. The molecule has 17 heavy (non-hydrogen) atoms. The van der Waals surface area contributed by atoms with Gasteiger partial charge in [-0.05, 0) is 24.6 Å². The summed E-state index contributed by atoms with van der Waals surface area (Å²) in [6.45, 7) is 1.99. The van der Waals surface area contributed by atoms with Crippen LogP contribution in [0.25, 0.3) is 11.3 Å². The fraction of sp³-hybridized carbons (Fsp3) is 0.167. The van der Waals surface area contributed by atoms with Crippen molar-refractivity contribution in [3.8, 4) is 11.3 Å². The van der Waals surface area contributed by atoms with E-state index in [1.54, 1.807) is 11.3 Å². The Morgan fingerprint density at radius 3 is 2.94 bits per heavy atom. The van der Waals surface area contributed by atoms with E-state index in [0.717, 1.165) is 27.5 Å². The number of halogens is 1. The van der Waals surface area contributed by atoms with Gasteiger partial charge in [0.25, 0.3) is 0 Å². The van der Waals surface area contributed by atoms with Gasteiger partial charge in [-0.1, -0.05) is 6.07 Å². The molecule has 1 aliphatic heterocycles. The van der Waals surface area contributed by atoms with Crippen LogP contribution in [0, 0.1) is 6.92 Å². The summed E-state index contributed by atoms with van der Waals surface area (Å²) in [5.41, 5.74) is 4.07. The number of hydrogen-bond donors (Lipinski definition) is 1. The molecule has 0 unspecified atom stereocenters. The summed E-state index contributed by atoms with van der Waals surface area (Å²) < 4.78 is 0. The van der Waals surface area contributed by atoms with E-state index >= 15 is 0 Å². The van der Waals surface area contributed by atoms with Gasteiger partial charge in [0, 0.05) is 16.6 Å². The summed E-state index contributed by atoms with van der Waals surface area (Å²) in [5, 5.41) is 5.93. The average molecular weight is 267 g/mol. The molecule has 3 rings (SSSR count). The van der Waals surface area contributed by atoms with E-state index in [4.69, 9.17) is 0 Å². The number of fused-ring (bicyclic) bond motifs is 1. The second-order valence-corrected chi connectivity index (χ2v) is 4.91. The molecule has 1 aromatic carbocycles. The lowest BCUT2D eigenvalue weighted by Crippen LogP contribution is -2.03. The highest BCUT2D eigenvalue weighted by Gasteiger charge is 2.18. The first kappa shape index (κ1) is 12.1. The lowest BCUT2D eigenvalue weighted by molar-refractivity contribution is -0.115. The fourth-order valence-electron chi connectivity index (χ4n) is 1.88. The van der Waals surface area contributed by atoms with Crippen molar-refractivity contribution >= 4 is 35.3 Å². The number of nitrogens with zero attached hydrogens (tertiary/aromatic N) is 1. The largest absolute Gasteiger partial charge is 0.326 e. The molecule has 0 aliphatic carbocycles. The van der Waals surface area contributed by atoms with E-state index in [-0.39, 0.29) is 18.3 Å². The molecule has 88 valence electrons. The number of aryl methyl sites for hydroxylation is 1. The van der Waals surface area contributed by atoms with Gasteiger partial charge in [-0.25, -0.2) is 4.98 Å². The van der Waals surface area contributed by atoms with Gasteiger partial charge in [0.1, 0.15) is 0 Å². The first-order valence-electron chi connectivity index (χ1n) is 5.07. The Labute approximate surface area is 109 Å². The van der Waals surface area contributed by atoms with Gasteiger partial charge in [-0.2, -0.15) is 0 Å². The minimum atomic E-state index is 0. The van der Waals surface area contributed by atoms with Crippen molar-refractivity contribution in [3.63, 3.8) is 0 Å². The minimum Gasteiger partial charge on any atom is -0.326 e. The topological polar surface area (TPSA) is 42.0 Å². The number of amides is 1. The molecule has 5 heteroatoms. The van der Waals surface area contributed by atoms with Gasteiger partial charge >= 0.3 is 0 Å². The quantitative estimate of drug-likeness (QED) is 0.862. The van der Waals surface area contributed by atoms with E-state index < -0.39 is 0 Å². The summed E-state index contributed by atoms with van der Waals surface area (Å²) in [6, 6.07) is 5.99. The molecule has 0 saturated carbocycles. The first-order valence-corrected chi connectivity index (χ1v) is 5.95. The molecule has 2 aromatic rings. The van der Waals surface area contributed by atoms with Gasteiger partial charge in [0.15, 0.2) is 0 Å². The summed E-state index contributed by atoms with van der Waals surface area (Å²) in [4.78, 5) is 15.7. The Hall–Kier alpha value is -1.39. The first-order chi connectivity index (χ1) is 7.72. The van der Waals surface area contributed by atoms with Crippen LogP contribution in [0.5, 0.6) is 0 Å². The van der Waals surface area contributed by atoms with Crippen molar-refractivity contribution < 1.29 is 4.79 Å². The lowest BCUT2D eigenvalue weighted by Gasteiger charge is -2.01. The van der Waals surface area contributed by atoms with Crippen molar-refractivity contribution in [1.82, 2.24) is 4.98 Å². The predicted molar refractivity (Wildman–Crippen MR) is 71.9 cm³/mol. The highest BCUT2D eigenvalue weighted by molar-refractivity contribution is 7.09. The standard InChI is InChI=1S/C12H10N2OS.ClH/c1-7-13-11(6-16-7)8-2-3-10-9(4-8)5-12(15)14-10;/h2-4,6H,5H2,1H3,(H,14,15);1H. The molecule has 0 atom stereocenters. The third-order valence-electron chi connectivity index (χ3n) is 2.65. The second-order valence-electron chi connectivity index (χ2n) is 3.85. The van der Waals surface area contributed by atoms with Gasteiger partial charge in [0.05, 0.1) is 17.1 Å². The van der Waals surface area contributed by atoms with Crippen molar-refractivity contribution in [2.45, 2.75) is 13.3 Å². The molecular weight excluding hydrogens is 256 g/mol. The van der Waals surface area contributed by atoms with Crippen LogP contribution in [0.4, 0.5) is 5.69 Å². The number of hydrogen-bond acceptors (Lipinski definition) is 3. The Kier molecular flexibility index (Phi) is 3.17. The maximum atomic E-state index is 11.2. The van der Waals surface area contributed by atoms with Crippen LogP contribution in [-0.4, -0.2) is 10.9 Å². The Balaban J connectivity index is 0.00000108. The van der Waals surface area contributed by atoms with Crippen molar-refractivity contribution in [3.05, 3.63) is 34.2 Å². The molecule has 0 spiro atoms. The number of thiazole rings is 1. The maximum Gasteiger partial charge on any atom is 0.228 e. The predicted octanol–water partition coefficient (Wildman–Crippen LogP) is 3.03. The van der Waals surface area contributed by atoms with Crippen molar-refractivity contribution in [1.29, 1.82) is 0 Å². The van der Waals surface area contributed by atoms with Gasteiger partial charge < -0.3 is 5.32 Å². The summed E-state index contributed by atoms with van der Waals surface area (Å²) in [6.07, 6.45) is 0.478. The fourth-order valence-corrected chi connectivity index (χ4v) is 2.51. The number of carbonyl (C=O) groups excluding carboxylic acids is 1. The molecule has 1 N–H and O–H groups in total. The van der Waals surface area contributed by atoms with Crippen LogP contribution in [0.2, 0.25) is 0 Å². The number of aromatic nitrogens is 1. The van der Waals surface area contributed by atoms with Crippen LogP contribution in [0.1, 0.15) is 10.6 Å². The van der Waals surface area contributed by atoms with Crippen LogP contribution in [0.15, 0.2) is 23.6 Å². The summed E-state index contributed by atoms with van der Waals surface area (Å²) in [7, 11) is 0. The molecule has 0 fully saturated rings. The third kappa shape index (κ3) is 2.18. The SMILES string of the molecule is Cc1nc(-c2ccc3c(c2)CC(=O)N3)cs1.Cl. The normalized spacial score (nSPS) is 12.9. The molecule has 0 bridgehead atoms. The van der Waals surface area contributed by atoms with Crippen LogP contribution in [-0.2, 0) is 11.2 Å². The number of rotatable bonds is 1. The van der Waals surface area contributed by atoms with Gasteiger partial charge in [0.2, 0.25) is 5.91 Å². The molecule has 1 aliphatic rings. The summed E-state index contributed by atoms with van der Waals surface area (Å²) >= 11 is 1.64. The Morgan fingerprint density at radius 2 is 2.24 bits per heavy atom. The highest BCUT2D eigenvalue weighted by Crippen LogP contribution is 2.29. The second kappa shape index (κ2) is 4.47. The number of anilines is 1. The molecule has 0 saturated heterocycles.